The lowest BCUT2D eigenvalue weighted by Crippen LogP contribution is -2.01. The molecule has 1 aromatic heterocycles. The Morgan fingerprint density at radius 1 is 1.69 bits per heavy atom. The first-order valence-corrected chi connectivity index (χ1v) is 3.69. The van der Waals surface area contributed by atoms with Gasteiger partial charge in [0, 0.05) is 6.07 Å². The molecular formula is C7H9N3O3. The van der Waals surface area contributed by atoms with E-state index in [1.54, 1.807) is 6.92 Å². The van der Waals surface area contributed by atoms with Crippen molar-refractivity contribution in [2.24, 2.45) is 0 Å². The highest BCUT2D eigenvalue weighted by Gasteiger charge is 2.16. The number of ether oxygens (including phenoxy) is 1. The van der Waals surface area contributed by atoms with Gasteiger partial charge in [-0.3, -0.25) is 10.1 Å². The van der Waals surface area contributed by atoms with Crippen LogP contribution in [0.15, 0.2) is 12.1 Å². The smallest absolute Gasteiger partial charge is 0.331 e. The molecule has 0 aliphatic rings. The van der Waals surface area contributed by atoms with Crippen molar-refractivity contribution in [3.8, 4) is 5.88 Å². The molecule has 0 atom stereocenters. The number of hydrogen-bond donors (Lipinski definition) is 1. The summed E-state index contributed by atoms with van der Waals surface area (Å²) in [6.45, 7) is 2.03. The molecule has 0 amide bonds. The molecule has 0 saturated heterocycles. The largest absolute Gasteiger partial charge is 0.473 e. The number of rotatable bonds is 3. The SMILES string of the molecule is CCOc1nc(N)ccc1[N+](=O)[O-]. The predicted molar refractivity (Wildman–Crippen MR) is 46.5 cm³/mol. The fraction of sp³-hybridized carbons (Fsp3) is 0.286. The van der Waals surface area contributed by atoms with Crippen molar-refractivity contribution in [1.29, 1.82) is 0 Å². The molecule has 0 saturated carbocycles. The van der Waals surface area contributed by atoms with E-state index in [9.17, 15) is 10.1 Å². The average molecular weight is 183 g/mol. The van der Waals surface area contributed by atoms with Gasteiger partial charge in [0.05, 0.1) is 11.5 Å². The summed E-state index contributed by atoms with van der Waals surface area (Å²) < 4.78 is 4.95. The van der Waals surface area contributed by atoms with Gasteiger partial charge in [0.15, 0.2) is 0 Å². The van der Waals surface area contributed by atoms with Crippen LogP contribution in [0.4, 0.5) is 11.5 Å². The zero-order valence-electron chi connectivity index (χ0n) is 7.06. The third kappa shape index (κ3) is 2.05. The Morgan fingerprint density at radius 2 is 2.38 bits per heavy atom. The van der Waals surface area contributed by atoms with Crippen LogP contribution in [0.2, 0.25) is 0 Å². The summed E-state index contributed by atoms with van der Waals surface area (Å²) in [4.78, 5) is 13.6. The fourth-order valence-electron chi connectivity index (χ4n) is 0.829. The first kappa shape index (κ1) is 9.24. The zero-order valence-corrected chi connectivity index (χ0v) is 7.06. The zero-order chi connectivity index (χ0) is 9.84. The second-order valence-corrected chi connectivity index (χ2v) is 2.25. The lowest BCUT2D eigenvalue weighted by atomic mass is 10.4. The maximum absolute atomic E-state index is 10.5. The molecule has 0 radical (unpaired) electrons. The van der Waals surface area contributed by atoms with Crippen molar-refractivity contribution in [3.63, 3.8) is 0 Å². The molecule has 2 N–H and O–H groups in total. The average Bonchev–Trinajstić information content (AvgIpc) is 2.04. The Morgan fingerprint density at radius 3 is 2.92 bits per heavy atom. The van der Waals surface area contributed by atoms with E-state index in [0.29, 0.717) is 6.61 Å². The van der Waals surface area contributed by atoms with Gasteiger partial charge in [0.1, 0.15) is 5.82 Å². The Labute approximate surface area is 74.5 Å². The van der Waals surface area contributed by atoms with Crippen LogP contribution in [-0.4, -0.2) is 16.5 Å². The predicted octanol–water partition coefficient (Wildman–Crippen LogP) is 0.971. The number of pyridine rings is 1. The maximum Gasteiger partial charge on any atom is 0.331 e. The first-order valence-electron chi connectivity index (χ1n) is 3.69. The minimum absolute atomic E-state index is 0.0347. The molecular weight excluding hydrogens is 174 g/mol. The molecule has 0 bridgehead atoms. The number of nitro groups is 1. The van der Waals surface area contributed by atoms with Crippen molar-refractivity contribution in [1.82, 2.24) is 4.98 Å². The number of nitrogen functional groups attached to an aromatic ring is 1. The van der Waals surface area contributed by atoms with Crippen LogP contribution in [0, 0.1) is 10.1 Å². The van der Waals surface area contributed by atoms with Crippen LogP contribution in [0.25, 0.3) is 0 Å². The molecule has 13 heavy (non-hydrogen) atoms. The van der Waals surface area contributed by atoms with Gasteiger partial charge in [-0.25, -0.2) is 0 Å². The second-order valence-electron chi connectivity index (χ2n) is 2.25. The summed E-state index contributed by atoms with van der Waals surface area (Å²) in [5.74, 6) is 0.168. The van der Waals surface area contributed by atoms with Gasteiger partial charge in [0.2, 0.25) is 0 Å². The molecule has 6 nitrogen and oxygen atoms in total. The Bertz CT molecular complexity index is 327. The van der Waals surface area contributed by atoms with Crippen molar-refractivity contribution < 1.29 is 9.66 Å². The van der Waals surface area contributed by atoms with Gasteiger partial charge in [-0.2, -0.15) is 4.98 Å². The van der Waals surface area contributed by atoms with Gasteiger partial charge in [-0.05, 0) is 13.0 Å². The molecule has 0 aliphatic carbocycles. The van der Waals surface area contributed by atoms with E-state index < -0.39 is 4.92 Å². The molecule has 0 spiro atoms. The third-order valence-electron chi connectivity index (χ3n) is 1.34. The van der Waals surface area contributed by atoms with Crippen molar-refractivity contribution >= 4 is 11.5 Å². The summed E-state index contributed by atoms with van der Waals surface area (Å²) in [5, 5.41) is 10.5. The summed E-state index contributed by atoms with van der Waals surface area (Å²) in [7, 11) is 0. The van der Waals surface area contributed by atoms with E-state index in [0.717, 1.165) is 0 Å². The summed E-state index contributed by atoms with van der Waals surface area (Å²) in [5.41, 5.74) is 5.17. The fourth-order valence-corrected chi connectivity index (χ4v) is 0.829. The highest BCUT2D eigenvalue weighted by Crippen LogP contribution is 2.24. The van der Waals surface area contributed by atoms with Crippen molar-refractivity contribution in [2.45, 2.75) is 6.92 Å². The molecule has 1 heterocycles. The number of hydrogen-bond acceptors (Lipinski definition) is 5. The van der Waals surface area contributed by atoms with Gasteiger partial charge in [-0.15, -0.1) is 0 Å². The maximum atomic E-state index is 10.5. The minimum atomic E-state index is -0.558. The molecule has 70 valence electrons. The van der Waals surface area contributed by atoms with Crippen LogP contribution >= 0.6 is 0 Å². The minimum Gasteiger partial charge on any atom is -0.473 e. The van der Waals surface area contributed by atoms with Gasteiger partial charge < -0.3 is 10.5 Å². The van der Waals surface area contributed by atoms with Gasteiger partial charge >= 0.3 is 5.69 Å². The molecule has 1 rings (SSSR count). The molecule has 0 aliphatic heterocycles. The topological polar surface area (TPSA) is 91.3 Å². The van der Waals surface area contributed by atoms with E-state index in [1.165, 1.54) is 12.1 Å². The lowest BCUT2D eigenvalue weighted by Gasteiger charge is -2.02. The monoisotopic (exact) mass is 183 g/mol. The number of nitrogens with zero attached hydrogens (tertiary/aromatic N) is 2. The van der Waals surface area contributed by atoms with Crippen molar-refractivity contribution in [3.05, 3.63) is 22.2 Å². The Hall–Kier alpha value is -1.85. The standard InChI is InChI=1S/C7H9N3O3/c1-2-13-7-5(10(11)12)3-4-6(8)9-7/h3-4H,2H2,1H3,(H2,8,9). The summed E-state index contributed by atoms with van der Waals surface area (Å²) in [6, 6.07) is 2.63. The first-order chi connectivity index (χ1) is 6.15. The van der Waals surface area contributed by atoms with Crippen LogP contribution in [-0.2, 0) is 0 Å². The highest BCUT2D eigenvalue weighted by molar-refractivity contribution is 5.46. The van der Waals surface area contributed by atoms with Crippen LogP contribution in [0.1, 0.15) is 6.92 Å². The van der Waals surface area contributed by atoms with Crippen molar-refractivity contribution in [2.75, 3.05) is 12.3 Å². The third-order valence-corrected chi connectivity index (χ3v) is 1.34. The van der Waals surface area contributed by atoms with E-state index in [1.807, 2.05) is 0 Å². The Balaban J connectivity index is 3.10. The Kier molecular flexibility index (Phi) is 2.63. The quantitative estimate of drug-likeness (QED) is 0.556. The van der Waals surface area contributed by atoms with E-state index in [2.05, 4.69) is 4.98 Å². The normalized spacial score (nSPS) is 9.62. The highest BCUT2D eigenvalue weighted by atomic mass is 16.6. The summed E-state index contributed by atoms with van der Waals surface area (Å²) >= 11 is 0. The molecule has 1 aromatic rings. The van der Waals surface area contributed by atoms with Crippen LogP contribution < -0.4 is 10.5 Å². The molecule has 0 fully saturated rings. The van der Waals surface area contributed by atoms with E-state index >= 15 is 0 Å². The van der Waals surface area contributed by atoms with Crippen LogP contribution in [0.5, 0.6) is 5.88 Å². The second kappa shape index (κ2) is 3.70. The number of anilines is 1. The molecule has 6 heteroatoms. The van der Waals surface area contributed by atoms with E-state index in [4.69, 9.17) is 10.5 Å². The van der Waals surface area contributed by atoms with Gasteiger partial charge in [-0.1, -0.05) is 0 Å². The molecule has 0 aromatic carbocycles. The number of aromatic nitrogens is 1. The van der Waals surface area contributed by atoms with E-state index in [-0.39, 0.29) is 17.4 Å². The van der Waals surface area contributed by atoms with Gasteiger partial charge in [0.25, 0.3) is 5.88 Å². The molecule has 0 unspecified atom stereocenters. The lowest BCUT2D eigenvalue weighted by molar-refractivity contribution is -0.386. The summed E-state index contributed by atoms with van der Waals surface area (Å²) in [6.07, 6.45) is 0. The van der Waals surface area contributed by atoms with Crippen LogP contribution in [0.3, 0.4) is 0 Å². The number of nitrogens with two attached hydrogens (primary N) is 1.